The topological polar surface area (TPSA) is 36.2 Å². The van der Waals surface area contributed by atoms with E-state index in [1.807, 2.05) is 0 Å². The van der Waals surface area contributed by atoms with Gasteiger partial charge in [0.05, 0.1) is 5.69 Å². The van der Waals surface area contributed by atoms with Crippen LogP contribution in [0.4, 0.5) is 8.78 Å². The zero-order chi connectivity index (χ0) is 18.3. The van der Waals surface area contributed by atoms with Crippen molar-refractivity contribution in [2.45, 2.75) is 25.4 Å². The smallest absolute Gasteiger partial charge is 0.275 e. The van der Waals surface area contributed by atoms with Gasteiger partial charge in [-0.2, -0.15) is 0 Å². The molecule has 0 unspecified atom stereocenters. The lowest BCUT2D eigenvalue weighted by Crippen LogP contribution is -2.22. The predicted octanol–water partition coefficient (Wildman–Crippen LogP) is 3.91. The highest BCUT2D eigenvalue weighted by atomic mass is 19.1. The Labute approximate surface area is 149 Å². The Balaban J connectivity index is 1.74. The summed E-state index contributed by atoms with van der Waals surface area (Å²) in [5.41, 5.74) is 1.40. The van der Waals surface area contributed by atoms with Crippen molar-refractivity contribution in [3.63, 3.8) is 0 Å². The maximum atomic E-state index is 14.2. The summed E-state index contributed by atoms with van der Waals surface area (Å²) >= 11 is 0. The minimum Gasteiger partial charge on any atom is -0.487 e. The first-order valence-electron chi connectivity index (χ1n) is 8.50. The van der Waals surface area contributed by atoms with Crippen molar-refractivity contribution in [2.75, 3.05) is 0 Å². The van der Waals surface area contributed by atoms with E-state index >= 15 is 0 Å². The van der Waals surface area contributed by atoms with Crippen LogP contribution >= 0.6 is 0 Å². The Kier molecular flexibility index (Phi) is 4.11. The van der Waals surface area contributed by atoms with Crippen LogP contribution in [0.5, 0.6) is 5.75 Å². The molecule has 1 saturated carbocycles. The van der Waals surface area contributed by atoms with Gasteiger partial charge in [0.1, 0.15) is 29.7 Å². The van der Waals surface area contributed by atoms with Gasteiger partial charge in [-0.1, -0.05) is 12.1 Å². The lowest BCUT2D eigenvalue weighted by molar-refractivity contribution is 0.291. The van der Waals surface area contributed by atoms with E-state index in [0.717, 1.165) is 12.8 Å². The fourth-order valence-electron chi connectivity index (χ4n) is 3.20. The molecule has 2 aromatic carbocycles. The molecule has 4 rings (SSSR count). The van der Waals surface area contributed by atoms with E-state index in [0.29, 0.717) is 17.0 Å². The lowest BCUT2D eigenvalue weighted by Gasteiger charge is -2.12. The normalized spacial score (nSPS) is 13.8. The average molecular weight is 356 g/mol. The number of ether oxygens (including phenoxy) is 1. The summed E-state index contributed by atoms with van der Waals surface area (Å²) in [7, 11) is 1.73. The van der Waals surface area contributed by atoms with Gasteiger partial charge in [0.25, 0.3) is 5.56 Å². The molecule has 1 aromatic heterocycles. The van der Waals surface area contributed by atoms with Gasteiger partial charge in [-0.3, -0.25) is 9.48 Å². The number of hydrogen-bond acceptors (Lipinski definition) is 2. The number of benzene rings is 2. The molecule has 1 heterocycles. The standard InChI is InChI=1S/C20H18F2N2O2/c1-23-18(12-26-15-10-8-14(21)9-11-15)19(13-6-7-13)20(25)24(23)17-5-3-2-4-16(17)22/h2-5,8-11,13H,6-7,12H2,1H3. The molecule has 1 aliphatic rings. The van der Waals surface area contributed by atoms with E-state index in [-0.39, 0.29) is 29.6 Å². The van der Waals surface area contributed by atoms with E-state index in [9.17, 15) is 13.6 Å². The van der Waals surface area contributed by atoms with Crippen molar-refractivity contribution >= 4 is 0 Å². The maximum Gasteiger partial charge on any atom is 0.275 e. The number of nitrogens with zero attached hydrogens (tertiary/aromatic N) is 2. The molecule has 0 N–H and O–H groups in total. The fourth-order valence-corrected chi connectivity index (χ4v) is 3.20. The number of hydrogen-bond donors (Lipinski definition) is 0. The third-order valence-electron chi connectivity index (χ3n) is 4.68. The van der Waals surface area contributed by atoms with E-state index < -0.39 is 5.82 Å². The van der Waals surface area contributed by atoms with Crippen LogP contribution in [0.1, 0.15) is 30.0 Å². The molecule has 3 aromatic rings. The van der Waals surface area contributed by atoms with Crippen LogP contribution in [-0.2, 0) is 13.7 Å². The summed E-state index contributed by atoms with van der Waals surface area (Å²) in [6.45, 7) is 0.157. The third-order valence-corrected chi connectivity index (χ3v) is 4.68. The van der Waals surface area contributed by atoms with Crippen LogP contribution in [0, 0.1) is 11.6 Å². The molecular weight excluding hydrogens is 338 g/mol. The van der Waals surface area contributed by atoms with Crippen molar-refractivity contribution in [1.82, 2.24) is 9.36 Å². The summed E-state index contributed by atoms with van der Waals surface area (Å²) in [6, 6.07) is 11.9. The molecule has 6 heteroatoms. The van der Waals surface area contributed by atoms with Gasteiger partial charge >= 0.3 is 0 Å². The van der Waals surface area contributed by atoms with Gasteiger partial charge < -0.3 is 4.74 Å². The largest absolute Gasteiger partial charge is 0.487 e. The van der Waals surface area contributed by atoms with Crippen LogP contribution in [0.3, 0.4) is 0 Å². The molecule has 134 valence electrons. The average Bonchev–Trinajstić information content (AvgIpc) is 3.43. The molecule has 1 fully saturated rings. The zero-order valence-corrected chi connectivity index (χ0v) is 14.3. The number of rotatable bonds is 5. The van der Waals surface area contributed by atoms with Gasteiger partial charge in [-0.25, -0.2) is 13.5 Å². The second kappa shape index (κ2) is 6.44. The predicted molar refractivity (Wildman–Crippen MR) is 93.7 cm³/mol. The molecule has 4 nitrogen and oxygen atoms in total. The fraction of sp³-hybridized carbons (Fsp3) is 0.250. The monoisotopic (exact) mass is 356 g/mol. The number of halogens is 2. The second-order valence-electron chi connectivity index (χ2n) is 6.47. The lowest BCUT2D eigenvalue weighted by atomic mass is 10.1. The van der Waals surface area contributed by atoms with Gasteiger partial charge in [0.15, 0.2) is 0 Å². The summed E-state index contributed by atoms with van der Waals surface area (Å²) in [5.74, 6) is -0.0922. The van der Waals surface area contributed by atoms with Crippen LogP contribution < -0.4 is 10.3 Å². The zero-order valence-electron chi connectivity index (χ0n) is 14.3. The Hall–Kier alpha value is -2.89. The molecule has 0 radical (unpaired) electrons. The first kappa shape index (κ1) is 16.6. The van der Waals surface area contributed by atoms with E-state index in [2.05, 4.69) is 0 Å². The van der Waals surface area contributed by atoms with Crippen molar-refractivity contribution in [2.24, 2.45) is 7.05 Å². The summed E-state index contributed by atoms with van der Waals surface area (Å²) in [4.78, 5) is 13.0. The van der Waals surface area contributed by atoms with E-state index in [4.69, 9.17) is 4.74 Å². The quantitative estimate of drug-likeness (QED) is 0.695. The first-order valence-corrected chi connectivity index (χ1v) is 8.50. The molecule has 1 aliphatic carbocycles. The first-order chi connectivity index (χ1) is 12.6. The summed E-state index contributed by atoms with van der Waals surface area (Å²) in [6.07, 6.45) is 1.89. The van der Waals surface area contributed by atoms with Gasteiger partial charge in [-0.05, 0) is 55.2 Å². The van der Waals surface area contributed by atoms with Crippen LogP contribution in [-0.4, -0.2) is 9.36 Å². The van der Waals surface area contributed by atoms with Gasteiger partial charge in [0.2, 0.25) is 0 Å². The highest BCUT2D eigenvalue weighted by Gasteiger charge is 2.33. The molecule has 0 atom stereocenters. The molecular formula is C20H18F2N2O2. The molecule has 0 saturated heterocycles. The van der Waals surface area contributed by atoms with Crippen LogP contribution in [0.25, 0.3) is 5.69 Å². The summed E-state index contributed by atoms with van der Waals surface area (Å²) < 4.78 is 36.0. The minimum atomic E-state index is -0.455. The Morgan fingerprint density at radius 3 is 2.42 bits per heavy atom. The van der Waals surface area contributed by atoms with Crippen molar-refractivity contribution in [3.8, 4) is 11.4 Å². The minimum absolute atomic E-state index is 0.157. The van der Waals surface area contributed by atoms with Crippen molar-refractivity contribution in [1.29, 1.82) is 0 Å². The molecule has 0 aliphatic heterocycles. The highest BCUT2D eigenvalue weighted by molar-refractivity contribution is 5.37. The Morgan fingerprint density at radius 2 is 1.77 bits per heavy atom. The van der Waals surface area contributed by atoms with Crippen molar-refractivity contribution in [3.05, 3.63) is 81.8 Å². The Bertz CT molecular complexity index is 1000. The maximum absolute atomic E-state index is 14.2. The van der Waals surface area contributed by atoms with E-state index in [1.165, 1.54) is 35.0 Å². The summed E-state index contributed by atoms with van der Waals surface area (Å²) in [5, 5.41) is 0. The molecule has 0 bridgehead atoms. The Morgan fingerprint density at radius 1 is 1.08 bits per heavy atom. The van der Waals surface area contributed by atoms with Crippen LogP contribution in [0.15, 0.2) is 53.3 Å². The van der Waals surface area contributed by atoms with E-state index in [1.54, 1.807) is 29.9 Å². The molecule has 26 heavy (non-hydrogen) atoms. The molecule has 0 spiro atoms. The number of aromatic nitrogens is 2. The number of para-hydroxylation sites is 1. The highest BCUT2D eigenvalue weighted by Crippen LogP contribution is 2.40. The second-order valence-corrected chi connectivity index (χ2v) is 6.47. The van der Waals surface area contributed by atoms with Crippen LogP contribution in [0.2, 0.25) is 0 Å². The van der Waals surface area contributed by atoms with Gasteiger partial charge in [0, 0.05) is 12.6 Å². The van der Waals surface area contributed by atoms with Crippen molar-refractivity contribution < 1.29 is 13.5 Å². The molecule has 0 amide bonds. The SMILES string of the molecule is Cn1c(COc2ccc(F)cc2)c(C2CC2)c(=O)n1-c1ccccc1F. The third kappa shape index (κ3) is 2.92. The van der Waals surface area contributed by atoms with Gasteiger partial charge in [-0.15, -0.1) is 0 Å².